The summed E-state index contributed by atoms with van der Waals surface area (Å²) >= 11 is 0. The number of hydrogen-bond acceptors (Lipinski definition) is 19. The molecule has 0 spiro atoms. The molecule has 354 valence electrons. The SMILES string of the molecule is NCCC[C@H](N)CC(=O)NCCC[C@H](N)CC(=O)NCCC[C@H](N)CC(=O)NCCC[C@H](N)CC(=O)N[C@@H]1[C@H](O)[C@@H](O)[C@@H](COC(N)=O)O[C@H]1NC1=N[C@@H]2C(=O)NC[C@@H](O)[C@H]2N1. The molecule has 0 bridgehead atoms. The summed E-state index contributed by atoms with van der Waals surface area (Å²) in [7, 11) is 0. The van der Waals surface area contributed by atoms with E-state index in [1.165, 1.54) is 0 Å². The Balaban J connectivity index is 1.30. The van der Waals surface area contributed by atoms with Crippen LogP contribution in [0.25, 0.3) is 0 Å². The highest BCUT2D eigenvalue weighted by Gasteiger charge is 2.48. The maximum atomic E-state index is 13.1. The molecule has 3 aliphatic heterocycles. The standard InChI is InChI=1S/C37H70N14O11/c38-9-1-5-19(39)13-25(53)44-10-2-6-20(40)14-26(54)45-11-3-7-21(41)15-27(55)46-12-4-8-22(42)16-28(56)48-31-33(58)32(57)24(18-61-36(43)60)62-35(31)51-37-49-29-23(52)17-47-34(59)30(29)50-37/h19-24,29-33,35,52,57-58H,1-18,38-42H2,(H2,43,60)(H,44,53)(H,45,54)(H,46,55)(H,47,59)(H,48,56)(H2,49,50,51)/t19-,20-,21-,22-,23+,24+,29+,30-,31+,32-,33-,35+/m0/s1. The molecule has 25 nitrogen and oxygen atoms in total. The van der Waals surface area contributed by atoms with Crippen molar-refractivity contribution in [1.82, 2.24) is 37.2 Å². The van der Waals surface area contributed by atoms with Gasteiger partial charge in [-0.15, -0.1) is 0 Å². The van der Waals surface area contributed by atoms with Crippen molar-refractivity contribution in [3.63, 3.8) is 0 Å². The minimum atomic E-state index is -1.64. The molecule has 2 fully saturated rings. The number of ether oxygens (including phenoxy) is 2. The molecule has 2 saturated heterocycles. The number of carbonyl (C=O) groups excluding carboxylic acids is 6. The fourth-order valence-corrected chi connectivity index (χ4v) is 7.20. The molecule has 62 heavy (non-hydrogen) atoms. The molecular formula is C37H70N14O11. The van der Waals surface area contributed by atoms with Gasteiger partial charge < -0.3 is 96.4 Å². The number of nitrogens with zero attached hydrogens (tertiary/aromatic N) is 1. The number of aliphatic imine (C=N–C) groups is 1. The van der Waals surface area contributed by atoms with Gasteiger partial charge in [-0.2, -0.15) is 0 Å². The lowest BCUT2D eigenvalue weighted by Gasteiger charge is -2.43. The molecule has 3 aliphatic rings. The van der Waals surface area contributed by atoms with E-state index in [0.29, 0.717) is 64.6 Å². The van der Waals surface area contributed by atoms with Gasteiger partial charge in [0, 0.05) is 76.0 Å². The number of β-amino-alcohol motifs (C(OH)–C–C–N with tert-alkyl or cyclic N) is 1. The van der Waals surface area contributed by atoms with Crippen molar-refractivity contribution in [3.8, 4) is 0 Å². The van der Waals surface area contributed by atoms with Gasteiger partial charge in [0.15, 0.2) is 18.2 Å². The average molecular weight is 887 g/mol. The number of rotatable bonds is 27. The first-order valence-electron chi connectivity index (χ1n) is 21.3. The van der Waals surface area contributed by atoms with Crippen LogP contribution in [0.4, 0.5) is 4.79 Å². The van der Waals surface area contributed by atoms with Crippen LogP contribution in [0.3, 0.4) is 0 Å². The highest BCUT2D eigenvalue weighted by Crippen LogP contribution is 2.22. The summed E-state index contributed by atoms with van der Waals surface area (Å²) in [5.41, 5.74) is 34.8. The van der Waals surface area contributed by atoms with Crippen molar-refractivity contribution in [3.05, 3.63) is 0 Å². The molecule has 6 amide bonds. The van der Waals surface area contributed by atoms with Crippen LogP contribution in [0.15, 0.2) is 4.99 Å². The normalized spacial score (nSPS) is 26.3. The Morgan fingerprint density at radius 2 is 1.24 bits per heavy atom. The summed E-state index contributed by atoms with van der Waals surface area (Å²) in [4.78, 5) is 77.6. The molecule has 0 aromatic rings. The van der Waals surface area contributed by atoms with Gasteiger partial charge in [-0.3, -0.25) is 24.0 Å². The predicted molar refractivity (Wildman–Crippen MR) is 224 cm³/mol. The van der Waals surface area contributed by atoms with Gasteiger partial charge >= 0.3 is 6.09 Å². The second-order valence-electron chi connectivity index (χ2n) is 16.1. The third-order valence-corrected chi connectivity index (χ3v) is 10.6. The number of primary amides is 1. The molecule has 0 unspecified atom stereocenters. The molecular weight excluding hydrogens is 816 g/mol. The topological polar surface area (TPSA) is 434 Å². The number of nitrogens with two attached hydrogens (primary N) is 6. The highest BCUT2D eigenvalue weighted by atomic mass is 16.6. The predicted octanol–water partition coefficient (Wildman–Crippen LogP) is -6.91. The van der Waals surface area contributed by atoms with E-state index in [1.807, 2.05) is 0 Å². The van der Waals surface area contributed by atoms with E-state index in [4.69, 9.17) is 43.9 Å². The minimum absolute atomic E-state index is 0.00971. The number of amides is 6. The minimum Gasteiger partial charge on any atom is -0.447 e. The molecule has 12 atom stereocenters. The quantitative estimate of drug-likeness (QED) is 0.0341. The van der Waals surface area contributed by atoms with Crippen molar-refractivity contribution in [1.29, 1.82) is 0 Å². The van der Waals surface area contributed by atoms with Crippen molar-refractivity contribution < 1.29 is 53.6 Å². The van der Waals surface area contributed by atoms with Crippen molar-refractivity contribution in [2.45, 2.75) is 150 Å². The summed E-state index contributed by atoms with van der Waals surface area (Å²) in [6.45, 7) is 1.12. The maximum Gasteiger partial charge on any atom is 0.404 e. The maximum absolute atomic E-state index is 13.1. The molecule has 0 aliphatic carbocycles. The van der Waals surface area contributed by atoms with E-state index in [2.05, 4.69) is 42.2 Å². The Morgan fingerprint density at radius 3 is 1.71 bits per heavy atom. The Morgan fingerprint density at radius 1 is 0.758 bits per heavy atom. The first-order valence-corrected chi connectivity index (χ1v) is 21.3. The summed E-state index contributed by atoms with van der Waals surface area (Å²) < 4.78 is 10.6. The van der Waals surface area contributed by atoms with Gasteiger partial charge in [0.25, 0.3) is 0 Å². The number of aliphatic hydroxyl groups is 3. The molecule has 0 aromatic carbocycles. The van der Waals surface area contributed by atoms with Crippen LogP contribution < -0.4 is 71.6 Å². The molecule has 3 rings (SSSR count). The number of guanidine groups is 1. The largest absolute Gasteiger partial charge is 0.447 e. The van der Waals surface area contributed by atoms with E-state index < -0.39 is 85.4 Å². The first-order chi connectivity index (χ1) is 29.5. The number of hydrogen-bond donors (Lipinski definition) is 16. The lowest BCUT2D eigenvalue weighted by Crippen LogP contribution is -2.69. The molecule has 3 heterocycles. The summed E-state index contributed by atoms with van der Waals surface area (Å²) in [6.07, 6.45) is -3.15. The molecule has 22 N–H and O–H groups in total. The average Bonchev–Trinajstić information content (AvgIpc) is 3.64. The first kappa shape index (κ1) is 51.9. The molecule has 0 saturated carbocycles. The van der Waals surface area contributed by atoms with Crippen LogP contribution in [0.1, 0.15) is 77.0 Å². The van der Waals surface area contributed by atoms with Gasteiger partial charge in [-0.25, -0.2) is 9.79 Å². The monoisotopic (exact) mass is 887 g/mol. The zero-order valence-electron chi connectivity index (χ0n) is 35.2. The van der Waals surface area contributed by atoms with Crippen LogP contribution in [-0.2, 0) is 33.4 Å². The van der Waals surface area contributed by atoms with Gasteiger partial charge in [0.05, 0.1) is 12.1 Å². The fourth-order valence-electron chi connectivity index (χ4n) is 7.20. The third kappa shape index (κ3) is 18.5. The highest BCUT2D eigenvalue weighted by molar-refractivity contribution is 5.92. The molecule has 0 aromatic heterocycles. The van der Waals surface area contributed by atoms with Crippen LogP contribution in [0.2, 0.25) is 0 Å². The Hall–Kier alpha value is -4.47. The van der Waals surface area contributed by atoms with Gasteiger partial charge in [0.1, 0.15) is 31.0 Å². The van der Waals surface area contributed by atoms with E-state index in [1.54, 1.807) is 0 Å². The number of piperidine rings is 1. The van der Waals surface area contributed by atoms with Crippen LogP contribution in [0.5, 0.6) is 0 Å². The van der Waals surface area contributed by atoms with Crippen molar-refractivity contribution in [2.75, 3.05) is 39.3 Å². The fraction of sp³-hybridized carbons (Fsp3) is 0.811. The molecule has 25 heteroatoms. The second-order valence-corrected chi connectivity index (χ2v) is 16.1. The lowest BCUT2D eigenvalue weighted by atomic mass is 9.95. The summed E-state index contributed by atoms with van der Waals surface area (Å²) in [5, 5.41) is 51.4. The smallest absolute Gasteiger partial charge is 0.404 e. The van der Waals surface area contributed by atoms with E-state index in [-0.39, 0.29) is 74.5 Å². The number of aliphatic hydroxyl groups excluding tert-OH is 3. The van der Waals surface area contributed by atoms with Crippen molar-refractivity contribution in [2.24, 2.45) is 39.4 Å². The lowest BCUT2D eigenvalue weighted by molar-refractivity contribution is -0.198. The summed E-state index contributed by atoms with van der Waals surface area (Å²) in [6, 6.07) is -4.65. The summed E-state index contributed by atoms with van der Waals surface area (Å²) in [5.74, 6) is -1.57. The number of carbonyl (C=O) groups is 6. The molecule has 0 radical (unpaired) electrons. The van der Waals surface area contributed by atoms with Gasteiger partial charge in [0.2, 0.25) is 29.5 Å². The Bertz CT molecular complexity index is 1500. The van der Waals surface area contributed by atoms with Gasteiger partial charge in [-0.1, -0.05) is 0 Å². The second kappa shape index (κ2) is 26.9. The number of fused-ring (bicyclic) bond motifs is 1. The van der Waals surface area contributed by atoms with Gasteiger partial charge in [-0.05, 0) is 57.9 Å². The van der Waals surface area contributed by atoms with E-state index >= 15 is 0 Å². The Labute approximate surface area is 360 Å². The zero-order chi connectivity index (χ0) is 45.8. The van der Waals surface area contributed by atoms with Crippen molar-refractivity contribution >= 4 is 41.6 Å². The Kier molecular flexibility index (Phi) is 22.5. The van der Waals surface area contributed by atoms with Crippen LogP contribution >= 0.6 is 0 Å². The van der Waals surface area contributed by atoms with Crippen LogP contribution in [0, 0.1) is 0 Å². The van der Waals surface area contributed by atoms with E-state index in [9.17, 15) is 44.1 Å². The number of nitrogens with one attached hydrogen (secondary N) is 7. The van der Waals surface area contributed by atoms with E-state index in [0.717, 1.165) is 6.42 Å². The zero-order valence-corrected chi connectivity index (χ0v) is 35.2. The van der Waals surface area contributed by atoms with Crippen LogP contribution in [-0.4, -0.2) is 169 Å². The third-order valence-electron chi connectivity index (χ3n) is 10.6.